The van der Waals surface area contributed by atoms with Crippen LogP contribution in [0.2, 0.25) is 0 Å². The number of oxazole rings is 1. The predicted octanol–water partition coefficient (Wildman–Crippen LogP) is 3.40. The molecule has 0 radical (unpaired) electrons. The molecule has 2 aromatic rings. The number of fused-ring (bicyclic) bond motifs is 1. The van der Waals surface area contributed by atoms with Crippen molar-refractivity contribution in [2.75, 3.05) is 6.54 Å². The Morgan fingerprint density at radius 1 is 1.48 bits per heavy atom. The number of amides is 1. The van der Waals surface area contributed by atoms with Crippen molar-refractivity contribution in [3.05, 3.63) is 28.6 Å². The van der Waals surface area contributed by atoms with Crippen molar-refractivity contribution in [2.45, 2.75) is 31.7 Å². The van der Waals surface area contributed by atoms with E-state index in [0.29, 0.717) is 16.0 Å². The zero-order valence-corrected chi connectivity index (χ0v) is 12.3. The van der Waals surface area contributed by atoms with Gasteiger partial charge in [0.1, 0.15) is 6.54 Å². The first-order valence-electron chi connectivity index (χ1n) is 7.00. The molecule has 1 saturated carbocycles. The molecule has 1 N–H and O–H groups in total. The fourth-order valence-corrected chi connectivity index (χ4v) is 3.10. The SMILES string of the molecule is N#CCN(C(=O)c1ccc2[nH]c(=S)oc2c1)C1CCCC1. The van der Waals surface area contributed by atoms with Crippen LogP contribution in [0, 0.1) is 16.2 Å². The molecule has 0 bridgehead atoms. The molecule has 1 aliphatic carbocycles. The van der Waals surface area contributed by atoms with Crippen molar-refractivity contribution < 1.29 is 9.21 Å². The van der Waals surface area contributed by atoms with E-state index in [0.717, 1.165) is 31.2 Å². The molecule has 1 heterocycles. The normalized spacial score (nSPS) is 15.2. The fraction of sp³-hybridized carbons (Fsp3) is 0.400. The molecule has 3 rings (SSSR count). The minimum absolute atomic E-state index is 0.118. The van der Waals surface area contributed by atoms with Crippen molar-refractivity contribution in [3.8, 4) is 6.07 Å². The summed E-state index contributed by atoms with van der Waals surface area (Å²) in [7, 11) is 0. The minimum Gasteiger partial charge on any atom is -0.429 e. The molecule has 1 fully saturated rings. The Hall–Kier alpha value is -2.13. The number of hydrogen-bond donors (Lipinski definition) is 1. The van der Waals surface area contributed by atoms with Crippen LogP contribution in [0.5, 0.6) is 0 Å². The van der Waals surface area contributed by atoms with Gasteiger partial charge in [-0.2, -0.15) is 5.26 Å². The van der Waals surface area contributed by atoms with Crippen LogP contribution in [0.3, 0.4) is 0 Å². The molecule has 6 heteroatoms. The third kappa shape index (κ3) is 2.69. The molecule has 1 aromatic heterocycles. The summed E-state index contributed by atoms with van der Waals surface area (Å²) >= 11 is 4.94. The highest BCUT2D eigenvalue weighted by atomic mass is 32.1. The fourth-order valence-electron chi connectivity index (χ4n) is 2.90. The van der Waals surface area contributed by atoms with Gasteiger partial charge in [0.15, 0.2) is 5.58 Å². The van der Waals surface area contributed by atoms with E-state index >= 15 is 0 Å². The highest BCUT2D eigenvalue weighted by molar-refractivity contribution is 7.71. The molecule has 1 aromatic carbocycles. The maximum Gasteiger partial charge on any atom is 0.266 e. The van der Waals surface area contributed by atoms with Gasteiger partial charge in [0.25, 0.3) is 10.7 Å². The standard InChI is InChI=1S/C15H15N3O2S/c16-7-8-18(11-3-1-2-4-11)14(19)10-5-6-12-13(9-10)20-15(21)17-12/h5-6,9,11H,1-4,8H2,(H,17,21). The lowest BCUT2D eigenvalue weighted by atomic mass is 10.1. The first-order valence-corrected chi connectivity index (χ1v) is 7.40. The maximum atomic E-state index is 12.7. The Bertz CT molecular complexity index is 765. The first kappa shape index (κ1) is 13.8. The lowest BCUT2D eigenvalue weighted by molar-refractivity contribution is 0.0709. The molecule has 1 amide bonds. The number of benzene rings is 1. The van der Waals surface area contributed by atoms with E-state index in [9.17, 15) is 4.79 Å². The number of hydrogen-bond acceptors (Lipinski definition) is 4. The van der Waals surface area contributed by atoms with E-state index in [1.165, 1.54) is 0 Å². The van der Waals surface area contributed by atoms with Crippen LogP contribution in [0.1, 0.15) is 36.0 Å². The first-order chi connectivity index (χ1) is 10.2. The second-order valence-corrected chi connectivity index (χ2v) is 5.63. The number of aromatic nitrogens is 1. The number of rotatable bonds is 3. The average Bonchev–Trinajstić information content (AvgIpc) is 3.11. The van der Waals surface area contributed by atoms with Gasteiger partial charge in [-0.1, -0.05) is 12.8 Å². The van der Waals surface area contributed by atoms with Gasteiger partial charge in [-0.05, 0) is 43.3 Å². The van der Waals surface area contributed by atoms with E-state index < -0.39 is 0 Å². The highest BCUT2D eigenvalue weighted by Gasteiger charge is 2.27. The number of H-pyrrole nitrogens is 1. The van der Waals surface area contributed by atoms with Gasteiger partial charge in [-0.15, -0.1) is 0 Å². The lowest BCUT2D eigenvalue weighted by Gasteiger charge is -2.26. The van der Waals surface area contributed by atoms with Crippen LogP contribution < -0.4 is 0 Å². The van der Waals surface area contributed by atoms with Crippen LogP contribution in [-0.4, -0.2) is 28.4 Å². The van der Waals surface area contributed by atoms with Crippen LogP contribution in [0.4, 0.5) is 0 Å². The van der Waals surface area contributed by atoms with Gasteiger partial charge in [-0.25, -0.2) is 0 Å². The van der Waals surface area contributed by atoms with Gasteiger partial charge >= 0.3 is 0 Å². The number of carbonyl (C=O) groups excluding carboxylic acids is 1. The second-order valence-electron chi connectivity index (χ2n) is 5.25. The van der Waals surface area contributed by atoms with Crippen LogP contribution in [0.15, 0.2) is 22.6 Å². The molecular weight excluding hydrogens is 286 g/mol. The van der Waals surface area contributed by atoms with Crippen LogP contribution in [-0.2, 0) is 0 Å². The number of aromatic amines is 1. The Balaban J connectivity index is 1.92. The second kappa shape index (κ2) is 5.70. The Morgan fingerprint density at radius 2 is 2.24 bits per heavy atom. The van der Waals surface area contributed by atoms with E-state index in [1.54, 1.807) is 23.1 Å². The molecule has 5 nitrogen and oxygen atoms in total. The van der Waals surface area contributed by atoms with E-state index in [1.807, 2.05) is 0 Å². The number of nitrogens with one attached hydrogen (secondary N) is 1. The topological polar surface area (TPSA) is 73.0 Å². The third-order valence-corrected chi connectivity index (χ3v) is 4.12. The quantitative estimate of drug-likeness (QED) is 0.696. The van der Waals surface area contributed by atoms with E-state index in [-0.39, 0.29) is 18.5 Å². The number of carbonyl (C=O) groups is 1. The summed E-state index contributed by atoms with van der Waals surface area (Å²) in [4.78, 5) is 17.5. The van der Waals surface area contributed by atoms with Crippen molar-refractivity contribution in [1.82, 2.24) is 9.88 Å². The van der Waals surface area contributed by atoms with E-state index in [4.69, 9.17) is 21.9 Å². The zero-order chi connectivity index (χ0) is 14.8. The molecular formula is C15H15N3O2S. The Morgan fingerprint density at radius 3 is 2.95 bits per heavy atom. The molecule has 0 aliphatic heterocycles. The largest absolute Gasteiger partial charge is 0.429 e. The molecule has 0 spiro atoms. The monoisotopic (exact) mass is 301 g/mol. The maximum absolute atomic E-state index is 12.7. The number of nitriles is 1. The third-order valence-electron chi connectivity index (χ3n) is 3.94. The molecule has 0 atom stereocenters. The molecule has 1 aliphatic rings. The summed E-state index contributed by atoms with van der Waals surface area (Å²) in [5.74, 6) is -0.118. The van der Waals surface area contributed by atoms with Crippen molar-refractivity contribution in [3.63, 3.8) is 0 Å². The van der Waals surface area contributed by atoms with Gasteiger partial charge in [0.2, 0.25) is 0 Å². The average molecular weight is 301 g/mol. The lowest BCUT2D eigenvalue weighted by Crippen LogP contribution is -2.39. The summed E-state index contributed by atoms with van der Waals surface area (Å²) in [6, 6.07) is 7.47. The van der Waals surface area contributed by atoms with Crippen LogP contribution >= 0.6 is 12.2 Å². The van der Waals surface area contributed by atoms with Crippen LogP contribution in [0.25, 0.3) is 11.1 Å². The molecule has 21 heavy (non-hydrogen) atoms. The summed E-state index contributed by atoms with van der Waals surface area (Å²) in [5, 5.41) is 8.99. The van der Waals surface area contributed by atoms with Crippen molar-refractivity contribution >= 4 is 29.2 Å². The van der Waals surface area contributed by atoms with Crippen molar-refractivity contribution in [1.29, 1.82) is 5.26 Å². The summed E-state index contributed by atoms with van der Waals surface area (Å²) in [6.07, 6.45) is 4.18. The minimum atomic E-state index is -0.118. The zero-order valence-electron chi connectivity index (χ0n) is 11.5. The van der Waals surface area contributed by atoms with Gasteiger partial charge < -0.3 is 14.3 Å². The summed E-state index contributed by atoms with van der Waals surface area (Å²) in [6.45, 7) is 0.123. The Labute approximate surface area is 127 Å². The van der Waals surface area contributed by atoms with Crippen molar-refractivity contribution in [2.24, 2.45) is 0 Å². The summed E-state index contributed by atoms with van der Waals surface area (Å²) < 4.78 is 5.35. The predicted molar refractivity (Wildman–Crippen MR) is 80.3 cm³/mol. The number of nitrogens with zero attached hydrogens (tertiary/aromatic N) is 2. The van der Waals surface area contributed by atoms with Gasteiger partial charge in [0.05, 0.1) is 11.6 Å². The smallest absolute Gasteiger partial charge is 0.266 e. The van der Waals surface area contributed by atoms with Gasteiger partial charge in [-0.3, -0.25) is 4.79 Å². The molecule has 108 valence electrons. The highest BCUT2D eigenvalue weighted by Crippen LogP contribution is 2.25. The summed E-state index contributed by atoms with van der Waals surface area (Å²) in [5.41, 5.74) is 1.86. The van der Waals surface area contributed by atoms with Gasteiger partial charge in [0, 0.05) is 11.6 Å². The molecule has 0 saturated heterocycles. The molecule has 0 unspecified atom stereocenters. The van der Waals surface area contributed by atoms with E-state index in [2.05, 4.69) is 11.1 Å². The Kier molecular flexibility index (Phi) is 3.76.